The van der Waals surface area contributed by atoms with Gasteiger partial charge in [-0.15, -0.1) is 0 Å². The monoisotopic (exact) mass is 288 g/mol. The summed E-state index contributed by atoms with van der Waals surface area (Å²) in [6, 6.07) is 8.51. The molecule has 1 aromatic carbocycles. The van der Waals surface area contributed by atoms with E-state index in [2.05, 4.69) is 10.4 Å². The maximum Gasteiger partial charge on any atom is 0.305 e. The van der Waals surface area contributed by atoms with Crippen LogP contribution >= 0.6 is 0 Å². The minimum atomic E-state index is -1.10. The van der Waals surface area contributed by atoms with Crippen LogP contribution < -0.4 is 11.1 Å². The van der Waals surface area contributed by atoms with Crippen molar-refractivity contribution in [3.63, 3.8) is 0 Å². The lowest BCUT2D eigenvalue weighted by molar-refractivity contribution is -0.139. The summed E-state index contributed by atoms with van der Waals surface area (Å²) in [6.45, 7) is 0.249. The van der Waals surface area contributed by atoms with Gasteiger partial charge in [0.25, 0.3) is 0 Å². The van der Waals surface area contributed by atoms with Gasteiger partial charge in [0.15, 0.2) is 0 Å². The van der Waals surface area contributed by atoms with Gasteiger partial charge in [-0.3, -0.25) is 9.59 Å². The maximum atomic E-state index is 11.6. The lowest BCUT2D eigenvalue weighted by atomic mass is 10.2. The zero-order valence-corrected chi connectivity index (χ0v) is 11.3. The summed E-state index contributed by atoms with van der Waals surface area (Å²) >= 11 is 0. The Hall–Kier alpha value is -2.67. The zero-order valence-electron chi connectivity index (χ0n) is 11.3. The summed E-state index contributed by atoms with van der Waals surface area (Å²) in [5.74, 6) is -1.60. The Morgan fingerprint density at radius 2 is 2.05 bits per heavy atom. The zero-order chi connectivity index (χ0) is 15.2. The lowest BCUT2D eigenvalue weighted by Crippen LogP contribution is -2.41. The molecule has 2 aromatic rings. The van der Waals surface area contributed by atoms with Gasteiger partial charge in [0.2, 0.25) is 5.91 Å². The number of nitrogens with zero attached hydrogens (tertiary/aromatic N) is 2. The number of hydrogen-bond donors (Lipinski definition) is 3. The molecule has 0 fully saturated rings. The predicted octanol–water partition coefficient (Wildman–Crippen LogP) is 0.291. The smallest absolute Gasteiger partial charge is 0.305 e. The van der Waals surface area contributed by atoms with Crippen molar-refractivity contribution in [2.45, 2.75) is 19.0 Å². The van der Waals surface area contributed by atoms with E-state index in [-0.39, 0.29) is 6.54 Å². The van der Waals surface area contributed by atoms with Gasteiger partial charge in [0.1, 0.15) is 0 Å². The Morgan fingerprint density at radius 1 is 1.33 bits per heavy atom. The highest BCUT2D eigenvalue weighted by atomic mass is 16.4. The van der Waals surface area contributed by atoms with Gasteiger partial charge in [-0.25, -0.2) is 4.68 Å². The fraction of sp³-hybridized carbons (Fsp3) is 0.214. The number of hydrogen-bond acceptors (Lipinski definition) is 4. The number of rotatable bonds is 6. The fourth-order valence-electron chi connectivity index (χ4n) is 1.77. The number of carboxylic acid groups (broad SMARTS) is 1. The number of carboxylic acids is 1. The van der Waals surface area contributed by atoms with Gasteiger partial charge in [0.05, 0.1) is 24.3 Å². The minimum absolute atomic E-state index is 0.249. The van der Waals surface area contributed by atoms with E-state index in [0.717, 1.165) is 11.3 Å². The molecule has 1 amide bonds. The third kappa shape index (κ3) is 4.15. The second-order valence-electron chi connectivity index (χ2n) is 4.55. The maximum absolute atomic E-state index is 11.6. The topological polar surface area (TPSA) is 110 Å². The van der Waals surface area contributed by atoms with Crippen molar-refractivity contribution in [1.29, 1.82) is 0 Å². The molecule has 2 rings (SSSR count). The van der Waals surface area contributed by atoms with Crippen molar-refractivity contribution in [3.05, 3.63) is 48.3 Å². The van der Waals surface area contributed by atoms with Crippen LogP contribution in [0.5, 0.6) is 0 Å². The number of aromatic nitrogens is 2. The molecule has 0 aliphatic rings. The number of carbonyl (C=O) groups excluding carboxylic acids is 1. The second-order valence-corrected chi connectivity index (χ2v) is 4.55. The van der Waals surface area contributed by atoms with Gasteiger partial charge < -0.3 is 16.2 Å². The molecule has 4 N–H and O–H groups in total. The van der Waals surface area contributed by atoms with E-state index in [1.807, 2.05) is 30.3 Å². The van der Waals surface area contributed by atoms with Crippen molar-refractivity contribution >= 4 is 11.9 Å². The summed E-state index contributed by atoms with van der Waals surface area (Å²) in [4.78, 5) is 22.1. The highest BCUT2D eigenvalue weighted by Gasteiger charge is 2.16. The Kier molecular flexibility index (Phi) is 4.68. The molecule has 1 heterocycles. The van der Waals surface area contributed by atoms with Crippen molar-refractivity contribution in [3.8, 4) is 5.69 Å². The lowest BCUT2D eigenvalue weighted by Gasteiger charge is -2.08. The van der Waals surface area contributed by atoms with Crippen LogP contribution in [-0.4, -0.2) is 32.8 Å². The SMILES string of the molecule is NC(CC(=O)O)C(=O)NCc1cnn(-c2ccccc2)c1. The molecule has 110 valence electrons. The molecule has 7 heteroatoms. The molecule has 7 nitrogen and oxygen atoms in total. The average molecular weight is 288 g/mol. The minimum Gasteiger partial charge on any atom is -0.481 e. The van der Waals surface area contributed by atoms with Crippen LogP contribution in [0.2, 0.25) is 0 Å². The summed E-state index contributed by atoms with van der Waals surface area (Å²) < 4.78 is 1.69. The van der Waals surface area contributed by atoms with E-state index in [9.17, 15) is 9.59 Å². The third-order valence-corrected chi connectivity index (χ3v) is 2.85. The van der Waals surface area contributed by atoms with Gasteiger partial charge in [-0.05, 0) is 12.1 Å². The van der Waals surface area contributed by atoms with Crippen LogP contribution in [0.25, 0.3) is 5.69 Å². The first-order valence-corrected chi connectivity index (χ1v) is 6.40. The van der Waals surface area contributed by atoms with Gasteiger partial charge in [-0.1, -0.05) is 18.2 Å². The Balaban J connectivity index is 1.91. The fourth-order valence-corrected chi connectivity index (χ4v) is 1.77. The first-order chi connectivity index (χ1) is 10.1. The standard InChI is InChI=1S/C14H16N4O3/c15-12(6-13(19)20)14(21)16-7-10-8-17-18(9-10)11-4-2-1-3-5-11/h1-5,8-9,12H,6-7,15H2,(H,16,21)(H,19,20). The van der Waals surface area contributed by atoms with Crippen LogP contribution in [0, 0.1) is 0 Å². The van der Waals surface area contributed by atoms with E-state index in [1.54, 1.807) is 17.1 Å². The molecule has 0 aliphatic heterocycles. The summed E-state index contributed by atoms with van der Waals surface area (Å²) in [5, 5.41) is 15.4. The van der Waals surface area contributed by atoms with E-state index in [1.165, 1.54) is 0 Å². The normalized spacial score (nSPS) is 11.9. The van der Waals surface area contributed by atoms with Crippen molar-refractivity contribution in [2.24, 2.45) is 5.73 Å². The van der Waals surface area contributed by atoms with E-state index >= 15 is 0 Å². The highest BCUT2D eigenvalue weighted by Crippen LogP contribution is 2.07. The molecule has 0 bridgehead atoms. The molecule has 0 saturated carbocycles. The Bertz CT molecular complexity index is 624. The van der Waals surface area contributed by atoms with Crippen LogP contribution in [0.15, 0.2) is 42.7 Å². The number of benzene rings is 1. The van der Waals surface area contributed by atoms with Gasteiger partial charge in [-0.2, -0.15) is 5.10 Å². The Labute approximate surface area is 121 Å². The quantitative estimate of drug-likeness (QED) is 0.707. The van der Waals surface area contributed by atoms with Crippen molar-refractivity contribution < 1.29 is 14.7 Å². The molecule has 0 saturated heterocycles. The number of amides is 1. The highest BCUT2D eigenvalue weighted by molar-refractivity contribution is 5.85. The van der Waals surface area contributed by atoms with Crippen LogP contribution in [-0.2, 0) is 16.1 Å². The van der Waals surface area contributed by atoms with Gasteiger partial charge >= 0.3 is 5.97 Å². The second kappa shape index (κ2) is 6.67. The number of carbonyl (C=O) groups is 2. The van der Waals surface area contributed by atoms with E-state index in [4.69, 9.17) is 10.8 Å². The average Bonchev–Trinajstić information content (AvgIpc) is 2.94. The molecule has 0 radical (unpaired) electrons. The molecule has 21 heavy (non-hydrogen) atoms. The van der Waals surface area contributed by atoms with Crippen LogP contribution in [0.1, 0.15) is 12.0 Å². The number of para-hydroxylation sites is 1. The van der Waals surface area contributed by atoms with Crippen molar-refractivity contribution in [2.75, 3.05) is 0 Å². The number of nitrogens with one attached hydrogen (secondary N) is 1. The van der Waals surface area contributed by atoms with Crippen LogP contribution in [0.4, 0.5) is 0 Å². The molecular weight excluding hydrogens is 272 g/mol. The number of aliphatic carboxylic acids is 1. The molecular formula is C14H16N4O3. The van der Waals surface area contributed by atoms with Crippen LogP contribution in [0.3, 0.4) is 0 Å². The Morgan fingerprint density at radius 3 is 2.71 bits per heavy atom. The third-order valence-electron chi connectivity index (χ3n) is 2.85. The largest absolute Gasteiger partial charge is 0.481 e. The molecule has 1 unspecified atom stereocenters. The summed E-state index contributed by atoms with van der Waals surface area (Å²) in [5.41, 5.74) is 7.18. The van der Waals surface area contributed by atoms with E-state index < -0.39 is 24.3 Å². The van der Waals surface area contributed by atoms with Crippen molar-refractivity contribution in [1.82, 2.24) is 15.1 Å². The molecule has 1 aromatic heterocycles. The predicted molar refractivity (Wildman–Crippen MR) is 75.6 cm³/mol. The summed E-state index contributed by atoms with van der Waals surface area (Å²) in [7, 11) is 0. The molecule has 1 atom stereocenters. The molecule has 0 spiro atoms. The van der Waals surface area contributed by atoms with E-state index in [0.29, 0.717) is 0 Å². The summed E-state index contributed by atoms with van der Waals surface area (Å²) in [6.07, 6.45) is 3.03. The first-order valence-electron chi connectivity index (χ1n) is 6.40. The van der Waals surface area contributed by atoms with Gasteiger partial charge in [0, 0.05) is 18.3 Å². The first kappa shape index (κ1) is 14.7. The molecule has 0 aliphatic carbocycles. The number of nitrogens with two attached hydrogens (primary N) is 1.